The first-order valence-corrected chi connectivity index (χ1v) is 5.07. The second kappa shape index (κ2) is 4.79. The van der Waals surface area contributed by atoms with Crippen LogP contribution in [0, 0.1) is 12.7 Å². The van der Waals surface area contributed by atoms with E-state index in [9.17, 15) is 9.18 Å². The average Bonchev–Trinajstić information content (AvgIpc) is 2.34. The van der Waals surface area contributed by atoms with E-state index in [4.69, 9.17) is 9.84 Å². The van der Waals surface area contributed by atoms with Gasteiger partial charge in [0.1, 0.15) is 5.56 Å². The van der Waals surface area contributed by atoms with Crippen LogP contribution in [0.25, 0.3) is 0 Å². The Bertz CT molecular complexity index is 602. The molecule has 0 radical (unpaired) electrons. The molecular formula is C12H9FN2O3. The summed E-state index contributed by atoms with van der Waals surface area (Å²) >= 11 is 0. The van der Waals surface area contributed by atoms with Crippen molar-refractivity contribution in [2.45, 2.75) is 6.92 Å². The molecule has 5 nitrogen and oxygen atoms in total. The Morgan fingerprint density at radius 1 is 1.39 bits per heavy atom. The van der Waals surface area contributed by atoms with Gasteiger partial charge in [0.25, 0.3) is 5.88 Å². The molecule has 1 N–H and O–H groups in total. The lowest BCUT2D eigenvalue weighted by Crippen LogP contribution is -2.03. The van der Waals surface area contributed by atoms with E-state index in [1.807, 2.05) is 0 Å². The summed E-state index contributed by atoms with van der Waals surface area (Å²) < 4.78 is 18.6. The summed E-state index contributed by atoms with van der Waals surface area (Å²) in [6.45, 7) is 1.76. The van der Waals surface area contributed by atoms with E-state index in [1.54, 1.807) is 13.0 Å². The molecule has 0 bridgehead atoms. The number of rotatable bonds is 3. The molecule has 0 unspecified atom stereocenters. The van der Waals surface area contributed by atoms with Crippen LogP contribution in [-0.2, 0) is 0 Å². The number of nitrogens with zero attached hydrogens (tertiary/aromatic N) is 2. The highest BCUT2D eigenvalue weighted by molar-refractivity contribution is 5.90. The van der Waals surface area contributed by atoms with Gasteiger partial charge in [-0.15, -0.1) is 5.10 Å². The van der Waals surface area contributed by atoms with Gasteiger partial charge in [-0.2, -0.15) is 5.10 Å². The number of carbonyl (C=O) groups is 1. The molecule has 0 aliphatic heterocycles. The predicted octanol–water partition coefficient (Wildman–Crippen LogP) is 2.41. The molecular weight excluding hydrogens is 239 g/mol. The first-order chi connectivity index (χ1) is 8.58. The Balaban J connectivity index is 2.40. The number of halogens is 1. The molecule has 2 aromatic rings. The Kier molecular flexibility index (Phi) is 3.18. The molecule has 1 aromatic heterocycles. The summed E-state index contributed by atoms with van der Waals surface area (Å²) in [5, 5.41) is 16.0. The largest absolute Gasteiger partial charge is 0.477 e. The Hall–Kier alpha value is -2.50. The minimum Gasteiger partial charge on any atom is -0.477 e. The number of hydrogen-bond donors (Lipinski definition) is 1. The van der Waals surface area contributed by atoms with E-state index in [2.05, 4.69) is 10.2 Å². The van der Waals surface area contributed by atoms with E-state index >= 15 is 0 Å². The van der Waals surface area contributed by atoms with E-state index in [1.165, 1.54) is 24.4 Å². The van der Waals surface area contributed by atoms with Gasteiger partial charge in [-0.25, -0.2) is 9.18 Å². The molecule has 18 heavy (non-hydrogen) atoms. The smallest absolute Gasteiger partial charge is 0.341 e. The number of ether oxygens (including phenoxy) is 1. The molecule has 1 aromatic carbocycles. The van der Waals surface area contributed by atoms with Crippen molar-refractivity contribution in [3.8, 4) is 11.6 Å². The maximum Gasteiger partial charge on any atom is 0.341 e. The maximum atomic E-state index is 13.5. The Morgan fingerprint density at radius 3 is 2.89 bits per heavy atom. The lowest BCUT2D eigenvalue weighted by molar-refractivity contribution is 0.0693. The van der Waals surface area contributed by atoms with Crippen LogP contribution in [0.2, 0.25) is 0 Å². The van der Waals surface area contributed by atoms with Crippen molar-refractivity contribution in [3.05, 3.63) is 47.4 Å². The number of carboxylic acid groups (broad SMARTS) is 1. The zero-order chi connectivity index (χ0) is 13.1. The standard InChI is InChI=1S/C12H9FN2O3/c1-7-2-3-9(13)10(6-7)18-11-8(12(16)17)4-5-14-15-11/h2-6H,1H3,(H,16,17). The number of hydrogen-bond acceptors (Lipinski definition) is 4. The molecule has 6 heteroatoms. The fourth-order valence-electron chi connectivity index (χ4n) is 1.35. The van der Waals surface area contributed by atoms with Crippen molar-refractivity contribution in [2.24, 2.45) is 0 Å². The van der Waals surface area contributed by atoms with Gasteiger partial charge in [0.05, 0.1) is 6.20 Å². The van der Waals surface area contributed by atoms with E-state index in [0.717, 1.165) is 5.56 Å². The van der Waals surface area contributed by atoms with E-state index in [-0.39, 0.29) is 17.2 Å². The number of benzene rings is 1. The quantitative estimate of drug-likeness (QED) is 0.902. The van der Waals surface area contributed by atoms with Crippen molar-refractivity contribution >= 4 is 5.97 Å². The normalized spacial score (nSPS) is 10.1. The third kappa shape index (κ3) is 2.42. The summed E-state index contributed by atoms with van der Waals surface area (Å²) in [6.07, 6.45) is 1.23. The number of carboxylic acids is 1. The van der Waals surface area contributed by atoms with Crippen LogP contribution in [0.1, 0.15) is 15.9 Å². The second-order valence-electron chi connectivity index (χ2n) is 3.59. The summed E-state index contributed by atoms with van der Waals surface area (Å²) in [4.78, 5) is 10.9. The highest BCUT2D eigenvalue weighted by Gasteiger charge is 2.15. The summed E-state index contributed by atoms with van der Waals surface area (Å²) in [5.74, 6) is -2.14. The maximum absolute atomic E-state index is 13.5. The summed E-state index contributed by atoms with van der Waals surface area (Å²) in [5.41, 5.74) is 0.609. The van der Waals surface area contributed by atoms with Gasteiger partial charge in [0, 0.05) is 0 Å². The second-order valence-corrected chi connectivity index (χ2v) is 3.59. The van der Waals surface area contributed by atoms with Gasteiger partial charge in [-0.05, 0) is 30.7 Å². The first kappa shape index (κ1) is 12.0. The van der Waals surface area contributed by atoms with Crippen LogP contribution in [0.5, 0.6) is 11.6 Å². The molecule has 0 aliphatic rings. The minimum absolute atomic E-state index is 0.0852. The van der Waals surface area contributed by atoms with Crippen LogP contribution >= 0.6 is 0 Å². The summed E-state index contributed by atoms with van der Waals surface area (Å²) in [7, 11) is 0. The first-order valence-electron chi connectivity index (χ1n) is 5.07. The van der Waals surface area contributed by atoms with Gasteiger partial charge in [-0.1, -0.05) is 6.07 Å². The molecule has 0 saturated carbocycles. The van der Waals surface area contributed by atoms with E-state index in [0.29, 0.717) is 0 Å². The van der Waals surface area contributed by atoms with Gasteiger partial charge < -0.3 is 9.84 Å². The Morgan fingerprint density at radius 2 is 2.17 bits per heavy atom. The number of aryl methyl sites for hydroxylation is 1. The monoisotopic (exact) mass is 248 g/mol. The highest BCUT2D eigenvalue weighted by Crippen LogP contribution is 2.25. The van der Waals surface area contributed by atoms with E-state index < -0.39 is 11.8 Å². The third-order valence-electron chi connectivity index (χ3n) is 2.21. The average molecular weight is 248 g/mol. The van der Waals surface area contributed by atoms with Crippen LogP contribution in [-0.4, -0.2) is 21.3 Å². The number of aromatic carboxylic acids is 1. The van der Waals surface area contributed by atoms with Crippen LogP contribution in [0.15, 0.2) is 30.5 Å². The zero-order valence-electron chi connectivity index (χ0n) is 9.42. The lowest BCUT2D eigenvalue weighted by atomic mass is 10.2. The lowest BCUT2D eigenvalue weighted by Gasteiger charge is -2.07. The van der Waals surface area contributed by atoms with Crippen molar-refractivity contribution < 1.29 is 19.0 Å². The van der Waals surface area contributed by atoms with Crippen molar-refractivity contribution in [3.63, 3.8) is 0 Å². The van der Waals surface area contributed by atoms with Crippen molar-refractivity contribution in [1.82, 2.24) is 10.2 Å². The minimum atomic E-state index is -1.21. The molecule has 2 rings (SSSR count). The van der Waals surface area contributed by atoms with Crippen molar-refractivity contribution in [1.29, 1.82) is 0 Å². The molecule has 0 fully saturated rings. The van der Waals surface area contributed by atoms with Crippen molar-refractivity contribution in [2.75, 3.05) is 0 Å². The zero-order valence-corrected chi connectivity index (χ0v) is 9.42. The molecule has 92 valence electrons. The topological polar surface area (TPSA) is 72.3 Å². The third-order valence-corrected chi connectivity index (χ3v) is 2.21. The molecule has 0 saturated heterocycles. The van der Waals surface area contributed by atoms with Crippen LogP contribution in [0.4, 0.5) is 4.39 Å². The Labute approximate surface area is 102 Å². The van der Waals surface area contributed by atoms with Gasteiger partial charge >= 0.3 is 5.97 Å². The molecule has 0 atom stereocenters. The number of aromatic nitrogens is 2. The van der Waals surface area contributed by atoms with Crippen LogP contribution < -0.4 is 4.74 Å². The van der Waals surface area contributed by atoms with Gasteiger partial charge in [-0.3, -0.25) is 0 Å². The molecule has 0 spiro atoms. The summed E-state index contributed by atoms with van der Waals surface area (Å²) in [6, 6.07) is 5.51. The highest BCUT2D eigenvalue weighted by atomic mass is 19.1. The fraction of sp³-hybridized carbons (Fsp3) is 0.0833. The van der Waals surface area contributed by atoms with Gasteiger partial charge in [0.2, 0.25) is 0 Å². The molecule has 0 amide bonds. The predicted molar refractivity (Wildman–Crippen MR) is 60.2 cm³/mol. The van der Waals surface area contributed by atoms with Gasteiger partial charge in [0.15, 0.2) is 11.6 Å². The molecule has 0 aliphatic carbocycles. The molecule has 1 heterocycles. The fourth-order valence-corrected chi connectivity index (χ4v) is 1.35. The van der Waals surface area contributed by atoms with Crippen LogP contribution in [0.3, 0.4) is 0 Å². The SMILES string of the molecule is Cc1ccc(F)c(Oc2nnccc2C(=O)O)c1.